The van der Waals surface area contributed by atoms with Gasteiger partial charge in [-0.15, -0.1) is 0 Å². The fraction of sp³-hybridized carbons (Fsp3) is 0.188. The van der Waals surface area contributed by atoms with Gasteiger partial charge >= 0.3 is 0 Å². The maximum atomic E-state index is 12.4. The first-order valence-electron chi connectivity index (χ1n) is 7.30. The Balaban J connectivity index is 1.86. The minimum Gasteiger partial charge on any atom is -0.495 e. The molecule has 1 amide bonds. The SMILES string of the molecule is COc1ccc(C(=O)Nc2ccc3c(c2)OCCO3)cc1S(N)(=O)=O. The summed E-state index contributed by atoms with van der Waals surface area (Å²) in [5, 5.41) is 7.83. The number of hydrogen-bond acceptors (Lipinski definition) is 6. The van der Waals surface area contributed by atoms with Crippen LogP contribution in [0.15, 0.2) is 41.3 Å². The van der Waals surface area contributed by atoms with E-state index in [0.29, 0.717) is 30.4 Å². The third-order valence-electron chi connectivity index (χ3n) is 3.53. The average Bonchev–Trinajstić information content (AvgIpc) is 2.60. The fourth-order valence-corrected chi connectivity index (χ4v) is 3.09. The minimum atomic E-state index is -4.03. The van der Waals surface area contributed by atoms with Crippen molar-refractivity contribution < 1.29 is 27.4 Å². The summed E-state index contributed by atoms with van der Waals surface area (Å²) in [6, 6.07) is 8.97. The predicted molar refractivity (Wildman–Crippen MR) is 89.8 cm³/mol. The number of nitrogens with one attached hydrogen (secondary N) is 1. The molecule has 0 fully saturated rings. The van der Waals surface area contributed by atoms with Gasteiger partial charge in [-0.1, -0.05) is 0 Å². The van der Waals surface area contributed by atoms with Crippen LogP contribution in [-0.4, -0.2) is 34.6 Å². The second-order valence-corrected chi connectivity index (χ2v) is 6.75. The highest BCUT2D eigenvalue weighted by Crippen LogP contribution is 2.33. The Kier molecular flexibility index (Phi) is 4.51. The summed E-state index contributed by atoms with van der Waals surface area (Å²) in [6.45, 7) is 0.904. The van der Waals surface area contributed by atoms with Gasteiger partial charge in [0.15, 0.2) is 11.5 Å². The largest absolute Gasteiger partial charge is 0.495 e. The van der Waals surface area contributed by atoms with Crippen LogP contribution in [0.5, 0.6) is 17.2 Å². The number of ether oxygens (including phenoxy) is 3. The van der Waals surface area contributed by atoms with Gasteiger partial charge in [0.25, 0.3) is 5.91 Å². The van der Waals surface area contributed by atoms with E-state index < -0.39 is 15.9 Å². The molecule has 0 aromatic heterocycles. The van der Waals surface area contributed by atoms with E-state index in [9.17, 15) is 13.2 Å². The van der Waals surface area contributed by atoms with Gasteiger partial charge in [-0.3, -0.25) is 4.79 Å². The monoisotopic (exact) mass is 364 g/mol. The molecule has 0 saturated carbocycles. The van der Waals surface area contributed by atoms with Crippen molar-refractivity contribution in [2.24, 2.45) is 5.14 Å². The van der Waals surface area contributed by atoms with Crippen LogP contribution in [0.2, 0.25) is 0 Å². The molecule has 0 radical (unpaired) electrons. The van der Waals surface area contributed by atoms with Crippen LogP contribution >= 0.6 is 0 Å². The van der Waals surface area contributed by atoms with Crippen LogP contribution in [0.3, 0.4) is 0 Å². The molecule has 1 aliphatic heterocycles. The summed E-state index contributed by atoms with van der Waals surface area (Å²) in [6.07, 6.45) is 0. The highest BCUT2D eigenvalue weighted by Gasteiger charge is 2.19. The van der Waals surface area contributed by atoms with Crippen LogP contribution in [0.1, 0.15) is 10.4 Å². The Labute approximate surface area is 144 Å². The van der Waals surface area contributed by atoms with E-state index in [2.05, 4.69) is 5.32 Å². The Morgan fingerprint density at radius 1 is 1.12 bits per heavy atom. The van der Waals surface area contributed by atoms with E-state index in [4.69, 9.17) is 19.3 Å². The molecular weight excluding hydrogens is 348 g/mol. The van der Waals surface area contributed by atoms with Crippen molar-refractivity contribution in [1.82, 2.24) is 0 Å². The number of anilines is 1. The number of benzene rings is 2. The zero-order chi connectivity index (χ0) is 18.0. The van der Waals surface area contributed by atoms with Crippen molar-refractivity contribution in [3.8, 4) is 17.2 Å². The number of methoxy groups -OCH3 is 1. The molecule has 25 heavy (non-hydrogen) atoms. The average molecular weight is 364 g/mol. The van der Waals surface area contributed by atoms with E-state index in [1.165, 1.54) is 25.3 Å². The molecule has 9 heteroatoms. The van der Waals surface area contributed by atoms with Crippen molar-refractivity contribution >= 4 is 21.6 Å². The molecule has 2 aromatic carbocycles. The molecule has 0 spiro atoms. The zero-order valence-corrected chi connectivity index (χ0v) is 14.1. The minimum absolute atomic E-state index is 0.0679. The van der Waals surface area contributed by atoms with Crippen LogP contribution < -0.4 is 24.7 Å². The maximum absolute atomic E-state index is 12.4. The number of nitrogens with two attached hydrogens (primary N) is 1. The topological polar surface area (TPSA) is 117 Å². The number of fused-ring (bicyclic) bond motifs is 1. The number of rotatable bonds is 4. The highest BCUT2D eigenvalue weighted by molar-refractivity contribution is 7.89. The van der Waals surface area contributed by atoms with E-state index >= 15 is 0 Å². The van der Waals surface area contributed by atoms with Gasteiger partial charge in [-0.2, -0.15) is 0 Å². The molecule has 132 valence electrons. The third kappa shape index (κ3) is 3.67. The van der Waals surface area contributed by atoms with Gasteiger partial charge in [0.2, 0.25) is 10.0 Å². The molecular formula is C16H16N2O6S. The number of sulfonamides is 1. The molecule has 0 unspecified atom stereocenters. The highest BCUT2D eigenvalue weighted by atomic mass is 32.2. The summed E-state index contributed by atoms with van der Waals surface area (Å²) in [5.41, 5.74) is 0.613. The van der Waals surface area contributed by atoms with Crippen molar-refractivity contribution in [1.29, 1.82) is 0 Å². The smallest absolute Gasteiger partial charge is 0.255 e. The summed E-state index contributed by atoms with van der Waals surface area (Å²) >= 11 is 0. The Morgan fingerprint density at radius 2 is 1.84 bits per heavy atom. The van der Waals surface area contributed by atoms with Gasteiger partial charge in [-0.25, -0.2) is 13.6 Å². The second kappa shape index (κ2) is 6.61. The lowest BCUT2D eigenvalue weighted by molar-refractivity contribution is 0.102. The first kappa shape index (κ1) is 17.1. The van der Waals surface area contributed by atoms with Crippen LogP contribution in [0.4, 0.5) is 5.69 Å². The molecule has 2 aromatic rings. The van der Waals surface area contributed by atoms with E-state index in [0.717, 1.165) is 0 Å². The number of carbonyl (C=O) groups is 1. The Morgan fingerprint density at radius 3 is 2.52 bits per heavy atom. The molecule has 0 atom stereocenters. The van der Waals surface area contributed by atoms with Gasteiger partial charge in [0, 0.05) is 17.3 Å². The van der Waals surface area contributed by atoms with Gasteiger partial charge < -0.3 is 19.5 Å². The molecule has 0 bridgehead atoms. The molecule has 8 nitrogen and oxygen atoms in total. The summed E-state index contributed by atoms with van der Waals surface area (Å²) < 4.78 is 39.1. The second-order valence-electron chi connectivity index (χ2n) is 5.22. The first-order valence-corrected chi connectivity index (χ1v) is 8.85. The Bertz CT molecular complexity index is 926. The van der Waals surface area contributed by atoms with E-state index in [1.54, 1.807) is 18.2 Å². The van der Waals surface area contributed by atoms with Crippen molar-refractivity contribution in [3.63, 3.8) is 0 Å². The van der Waals surface area contributed by atoms with E-state index in [1.807, 2.05) is 0 Å². The third-order valence-corrected chi connectivity index (χ3v) is 4.46. The van der Waals surface area contributed by atoms with Crippen molar-refractivity contribution in [2.45, 2.75) is 4.90 Å². The summed E-state index contributed by atoms with van der Waals surface area (Å²) in [7, 11) is -2.71. The van der Waals surface area contributed by atoms with Crippen molar-refractivity contribution in [3.05, 3.63) is 42.0 Å². The van der Waals surface area contributed by atoms with Gasteiger partial charge in [0.05, 0.1) is 7.11 Å². The molecule has 3 N–H and O–H groups in total. The fourth-order valence-electron chi connectivity index (χ4n) is 2.36. The summed E-state index contributed by atoms with van der Waals surface area (Å²) in [5.74, 6) is 0.705. The molecule has 0 saturated heterocycles. The number of primary sulfonamides is 1. The van der Waals surface area contributed by atoms with Crippen LogP contribution in [0, 0.1) is 0 Å². The molecule has 3 rings (SSSR count). The van der Waals surface area contributed by atoms with Crippen LogP contribution in [-0.2, 0) is 10.0 Å². The van der Waals surface area contributed by atoms with Crippen molar-refractivity contribution in [2.75, 3.05) is 25.6 Å². The lowest BCUT2D eigenvalue weighted by Gasteiger charge is -2.19. The van der Waals surface area contributed by atoms with Gasteiger partial charge in [-0.05, 0) is 30.3 Å². The number of amides is 1. The normalized spacial score (nSPS) is 13.2. The number of carbonyl (C=O) groups excluding carboxylic acids is 1. The lowest BCUT2D eigenvalue weighted by atomic mass is 10.2. The molecule has 1 aliphatic rings. The maximum Gasteiger partial charge on any atom is 0.255 e. The molecule has 1 heterocycles. The predicted octanol–water partition coefficient (Wildman–Crippen LogP) is 1.37. The number of hydrogen-bond donors (Lipinski definition) is 2. The quantitative estimate of drug-likeness (QED) is 0.846. The Hall–Kier alpha value is -2.78. The lowest BCUT2D eigenvalue weighted by Crippen LogP contribution is -2.17. The zero-order valence-electron chi connectivity index (χ0n) is 13.3. The first-order chi connectivity index (χ1) is 11.9. The van der Waals surface area contributed by atoms with E-state index in [-0.39, 0.29) is 16.2 Å². The van der Waals surface area contributed by atoms with Crippen LogP contribution in [0.25, 0.3) is 0 Å². The molecule has 0 aliphatic carbocycles. The standard InChI is InChI=1S/C16H16N2O6S/c1-22-13-4-2-10(8-15(13)25(17,20)21)16(19)18-11-3-5-12-14(9-11)24-7-6-23-12/h2-5,8-9H,6-7H2,1H3,(H,18,19)(H2,17,20,21). The van der Waals surface area contributed by atoms with Gasteiger partial charge in [0.1, 0.15) is 23.9 Å². The summed E-state index contributed by atoms with van der Waals surface area (Å²) in [4.78, 5) is 12.1.